The van der Waals surface area contributed by atoms with Crippen molar-refractivity contribution in [3.8, 4) is 0 Å². The Morgan fingerprint density at radius 3 is 3.00 bits per heavy atom. The van der Waals surface area contributed by atoms with E-state index in [-0.39, 0.29) is 0 Å². The SMILES string of the molecule is CCOCCCn1ccnc1N(C)CCCNC. The standard InChI is InChI=1S/C13H26N4O/c1-4-18-12-6-10-17-11-8-15-13(17)16(3)9-5-7-14-2/h8,11,14H,4-7,9-10,12H2,1-3H3. The number of aryl methyl sites for hydroxylation is 1. The van der Waals surface area contributed by atoms with Gasteiger partial charge in [0.1, 0.15) is 0 Å². The number of ether oxygens (including phenoxy) is 1. The minimum absolute atomic E-state index is 0.792. The molecule has 5 heteroatoms. The molecule has 0 aliphatic heterocycles. The molecule has 18 heavy (non-hydrogen) atoms. The van der Waals surface area contributed by atoms with Crippen LogP contribution in [-0.2, 0) is 11.3 Å². The fraction of sp³-hybridized carbons (Fsp3) is 0.769. The molecule has 1 aromatic heterocycles. The van der Waals surface area contributed by atoms with Gasteiger partial charge >= 0.3 is 0 Å². The number of hydrogen-bond donors (Lipinski definition) is 1. The summed E-state index contributed by atoms with van der Waals surface area (Å²) in [6, 6.07) is 0. The van der Waals surface area contributed by atoms with Crippen LogP contribution in [0.3, 0.4) is 0 Å². The van der Waals surface area contributed by atoms with E-state index in [1.54, 1.807) is 0 Å². The van der Waals surface area contributed by atoms with Crippen LogP contribution in [0.1, 0.15) is 19.8 Å². The molecule has 0 aliphatic carbocycles. The molecule has 0 fully saturated rings. The van der Waals surface area contributed by atoms with Gasteiger partial charge in [-0.2, -0.15) is 0 Å². The lowest BCUT2D eigenvalue weighted by Crippen LogP contribution is -2.25. The van der Waals surface area contributed by atoms with Gasteiger partial charge < -0.3 is 19.5 Å². The van der Waals surface area contributed by atoms with E-state index >= 15 is 0 Å². The lowest BCUT2D eigenvalue weighted by atomic mass is 10.4. The van der Waals surface area contributed by atoms with Crippen LogP contribution in [0, 0.1) is 0 Å². The van der Waals surface area contributed by atoms with Crippen molar-refractivity contribution in [3.05, 3.63) is 12.4 Å². The maximum absolute atomic E-state index is 5.36. The highest BCUT2D eigenvalue weighted by Gasteiger charge is 2.07. The average Bonchev–Trinajstić information content (AvgIpc) is 2.83. The molecule has 1 aromatic rings. The fourth-order valence-electron chi connectivity index (χ4n) is 1.89. The van der Waals surface area contributed by atoms with E-state index < -0.39 is 0 Å². The molecular weight excluding hydrogens is 228 g/mol. The summed E-state index contributed by atoms with van der Waals surface area (Å²) in [4.78, 5) is 6.63. The van der Waals surface area contributed by atoms with Crippen LogP contribution in [0.2, 0.25) is 0 Å². The third-order valence-electron chi connectivity index (χ3n) is 2.85. The Balaban J connectivity index is 2.38. The number of rotatable bonds is 10. The molecule has 0 atom stereocenters. The Labute approximate surface area is 110 Å². The quantitative estimate of drug-likeness (QED) is 0.640. The molecule has 104 valence electrons. The smallest absolute Gasteiger partial charge is 0.205 e. The van der Waals surface area contributed by atoms with E-state index in [2.05, 4.69) is 26.8 Å². The zero-order valence-electron chi connectivity index (χ0n) is 11.9. The van der Waals surface area contributed by atoms with Crippen LogP contribution in [-0.4, -0.2) is 49.9 Å². The molecular formula is C13H26N4O. The number of imidazole rings is 1. The number of nitrogens with zero attached hydrogens (tertiary/aromatic N) is 3. The maximum Gasteiger partial charge on any atom is 0.205 e. The van der Waals surface area contributed by atoms with Gasteiger partial charge in [-0.15, -0.1) is 0 Å². The first kappa shape index (κ1) is 15.0. The van der Waals surface area contributed by atoms with Gasteiger partial charge in [0.25, 0.3) is 0 Å². The highest BCUT2D eigenvalue weighted by molar-refractivity contribution is 5.29. The first-order chi connectivity index (χ1) is 8.79. The van der Waals surface area contributed by atoms with Crippen LogP contribution in [0.4, 0.5) is 5.95 Å². The van der Waals surface area contributed by atoms with Gasteiger partial charge in [-0.1, -0.05) is 0 Å². The molecule has 0 unspecified atom stereocenters. The summed E-state index contributed by atoms with van der Waals surface area (Å²) in [6.45, 7) is 6.65. The summed E-state index contributed by atoms with van der Waals surface area (Å²) in [5, 5.41) is 3.16. The number of nitrogens with one attached hydrogen (secondary N) is 1. The summed E-state index contributed by atoms with van der Waals surface area (Å²) in [7, 11) is 4.08. The summed E-state index contributed by atoms with van der Waals surface area (Å²) >= 11 is 0. The molecule has 0 bridgehead atoms. The first-order valence-corrected chi connectivity index (χ1v) is 6.74. The maximum atomic E-state index is 5.36. The minimum atomic E-state index is 0.792. The lowest BCUT2D eigenvalue weighted by molar-refractivity contribution is 0.141. The van der Waals surface area contributed by atoms with Gasteiger partial charge in [0.15, 0.2) is 0 Å². The van der Waals surface area contributed by atoms with Crippen LogP contribution >= 0.6 is 0 Å². The average molecular weight is 254 g/mol. The first-order valence-electron chi connectivity index (χ1n) is 6.74. The van der Waals surface area contributed by atoms with Crippen molar-refractivity contribution >= 4 is 5.95 Å². The highest BCUT2D eigenvalue weighted by atomic mass is 16.5. The monoisotopic (exact) mass is 254 g/mol. The van der Waals surface area contributed by atoms with Gasteiger partial charge in [0, 0.05) is 45.7 Å². The molecule has 0 radical (unpaired) electrons. The molecule has 1 N–H and O–H groups in total. The molecule has 0 spiro atoms. The Morgan fingerprint density at radius 2 is 2.28 bits per heavy atom. The van der Waals surface area contributed by atoms with Gasteiger partial charge in [0.2, 0.25) is 5.95 Å². The minimum Gasteiger partial charge on any atom is -0.382 e. The Kier molecular flexibility index (Phi) is 7.44. The van der Waals surface area contributed by atoms with Gasteiger partial charge in [-0.05, 0) is 33.4 Å². The zero-order chi connectivity index (χ0) is 13.2. The molecule has 0 saturated heterocycles. The molecule has 1 rings (SSSR count). The van der Waals surface area contributed by atoms with Crippen molar-refractivity contribution in [2.24, 2.45) is 0 Å². The van der Waals surface area contributed by atoms with Gasteiger partial charge in [-0.25, -0.2) is 4.98 Å². The van der Waals surface area contributed by atoms with Crippen molar-refractivity contribution in [3.63, 3.8) is 0 Å². The topological polar surface area (TPSA) is 42.3 Å². The summed E-state index contributed by atoms with van der Waals surface area (Å²) < 4.78 is 7.55. The lowest BCUT2D eigenvalue weighted by Gasteiger charge is -2.19. The van der Waals surface area contributed by atoms with Gasteiger partial charge in [0.05, 0.1) is 0 Å². The number of hydrogen-bond acceptors (Lipinski definition) is 4. The van der Waals surface area contributed by atoms with Crippen LogP contribution in [0.15, 0.2) is 12.4 Å². The Bertz CT molecular complexity index is 314. The molecule has 0 aromatic carbocycles. The van der Waals surface area contributed by atoms with Crippen molar-refractivity contribution in [2.45, 2.75) is 26.3 Å². The van der Waals surface area contributed by atoms with Crippen molar-refractivity contribution in [1.29, 1.82) is 0 Å². The predicted molar refractivity (Wildman–Crippen MR) is 75.2 cm³/mol. The van der Waals surface area contributed by atoms with Crippen molar-refractivity contribution in [2.75, 3.05) is 45.3 Å². The molecule has 5 nitrogen and oxygen atoms in total. The van der Waals surface area contributed by atoms with Crippen LogP contribution in [0.5, 0.6) is 0 Å². The Morgan fingerprint density at radius 1 is 1.44 bits per heavy atom. The Hall–Kier alpha value is -1.07. The van der Waals surface area contributed by atoms with Crippen LogP contribution < -0.4 is 10.2 Å². The van der Waals surface area contributed by atoms with Crippen molar-refractivity contribution < 1.29 is 4.74 Å². The second-order valence-electron chi connectivity index (χ2n) is 4.35. The fourth-order valence-corrected chi connectivity index (χ4v) is 1.89. The number of aromatic nitrogens is 2. The van der Waals surface area contributed by atoms with E-state index in [1.165, 1.54) is 0 Å². The van der Waals surface area contributed by atoms with E-state index in [9.17, 15) is 0 Å². The predicted octanol–water partition coefficient (Wildman–Crippen LogP) is 1.36. The van der Waals surface area contributed by atoms with E-state index in [0.717, 1.165) is 51.6 Å². The normalized spacial score (nSPS) is 10.8. The third kappa shape index (κ3) is 5.06. The summed E-state index contributed by atoms with van der Waals surface area (Å²) in [5.74, 6) is 1.04. The largest absolute Gasteiger partial charge is 0.382 e. The summed E-state index contributed by atoms with van der Waals surface area (Å²) in [5.41, 5.74) is 0. The van der Waals surface area contributed by atoms with E-state index in [0.29, 0.717) is 0 Å². The molecule has 0 aliphatic rings. The summed E-state index contributed by atoms with van der Waals surface area (Å²) in [6.07, 6.45) is 6.06. The third-order valence-corrected chi connectivity index (χ3v) is 2.85. The second kappa shape index (κ2) is 8.94. The van der Waals surface area contributed by atoms with Gasteiger partial charge in [-0.3, -0.25) is 0 Å². The van der Waals surface area contributed by atoms with Crippen LogP contribution in [0.25, 0.3) is 0 Å². The highest BCUT2D eigenvalue weighted by Crippen LogP contribution is 2.10. The zero-order valence-corrected chi connectivity index (χ0v) is 11.9. The molecule has 0 saturated carbocycles. The van der Waals surface area contributed by atoms with E-state index in [4.69, 9.17) is 4.74 Å². The second-order valence-corrected chi connectivity index (χ2v) is 4.35. The molecule has 1 heterocycles. The number of anilines is 1. The van der Waals surface area contributed by atoms with Crippen molar-refractivity contribution in [1.82, 2.24) is 14.9 Å². The molecule has 0 amide bonds. The van der Waals surface area contributed by atoms with E-state index in [1.807, 2.05) is 26.4 Å².